The largest absolute Gasteiger partial charge is 0.325 e. The molecule has 0 unspecified atom stereocenters. The van der Waals surface area contributed by atoms with Crippen LogP contribution in [-0.2, 0) is 9.59 Å². The van der Waals surface area contributed by atoms with Crippen LogP contribution in [0.25, 0.3) is 0 Å². The van der Waals surface area contributed by atoms with E-state index in [-0.39, 0.29) is 12.3 Å². The molecule has 0 saturated heterocycles. The Balaban J connectivity index is 2.00. The number of benzene rings is 2. The second-order valence-electron chi connectivity index (χ2n) is 5.53. The maximum atomic E-state index is 12.1. The number of para-hydroxylation sites is 1. The summed E-state index contributed by atoms with van der Waals surface area (Å²) in [5, 5.41) is 5.87. The summed E-state index contributed by atoms with van der Waals surface area (Å²) >= 11 is 5.98. The standard InChI is InChI=1S/C18H19ClN2O2/c1-11-8-12(2)18(13(3)9-11)21-17(23)10-16(22)20-15-7-5-4-6-14(15)19/h4-9H,10H2,1-3H3,(H,20,22)(H,21,23). The van der Waals surface area contributed by atoms with Crippen molar-refractivity contribution >= 4 is 34.8 Å². The van der Waals surface area contributed by atoms with E-state index >= 15 is 0 Å². The van der Waals surface area contributed by atoms with Crippen LogP contribution < -0.4 is 10.6 Å². The van der Waals surface area contributed by atoms with Crippen molar-refractivity contribution in [1.82, 2.24) is 0 Å². The molecule has 0 fully saturated rings. The van der Waals surface area contributed by atoms with Gasteiger partial charge < -0.3 is 10.6 Å². The molecule has 2 N–H and O–H groups in total. The lowest BCUT2D eigenvalue weighted by molar-refractivity contribution is -0.123. The van der Waals surface area contributed by atoms with Gasteiger partial charge in [-0.1, -0.05) is 41.4 Å². The fourth-order valence-corrected chi connectivity index (χ4v) is 2.65. The number of anilines is 2. The molecule has 0 spiro atoms. The molecule has 0 aliphatic carbocycles. The molecule has 0 saturated carbocycles. The molecule has 0 radical (unpaired) electrons. The maximum Gasteiger partial charge on any atom is 0.233 e. The summed E-state index contributed by atoms with van der Waals surface area (Å²) < 4.78 is 0. The summed E-state index contributed by atoms with van der Waals surface area (Å²) in [6.07, 6.45) is -0.266. The molecule has 5 heteroatoms. The molecule has 0 aromatic heterocycles. The Morgan fingerprint density at radius 2 is 1.52 bits per heavy atom. The van der Waals surface area contributed by atoms with Crippen molar-refractivity contribution in [3.8, 4) is 0 Å². The molecule has 23 heavy (non-hydrogen) atoms. The van der Waals surface area contributed by atoms with Gasteiger partial charge in [0.05, 0.1) is 10.7 Å². The number of hydrogen-bond donors (Lipinski definition) is 2. The molecule has 2 amide bonds. The van der Waals surface area contributed by atoms with Crippen LogP contribution in [0.4, 0.5) is 11.4 Å². The Morgan fingerprint density at radius 3 is 2.13 bits per heavy atom. The summed E-state index contributed by atoms with van der Waals surface area (Å²) in [4.78, 5) is 24.0. The highest BCUT2D eigenvalue weighted by atomic mass is 35.5. The first-order valence-electron chi connectivity index (χ1n) is 7.29. The van der Waals surface area contributed by atoms with Crippen LogP contribution in [-0.4, -0.2) is 11.8 Å². The van der Waals surface area contributed by atoms with Crippen molar-refractivity contribution in [2.24, 2.45) is 0 Å². The van der Waals surface area contributed by atoms with E-state index < -0.39 is 5.91 Å². The van der Waals surface area contributed by atoms with Gasteiger partial charge in [-0.3, -0.25) is 9.59 Å². The highest BCUT2D eigenvalue weighted by Crippen LogP contribution is 2.23. The number of hydrogen-bond acceptors (Lipinski definition) is 2. The van der Waals surface area contributed by atoms with Gasteiger partial charge in [-0.15, -0.1) is 0 Å². The zero-order valence-corrected chi connectivity index (χ0v) is 14.1. The fourth-order valence-electron chi connectivity index (χ4n) is 2.46. The van der Waals surface area contributed by atoms with Crippen LogP contribution in [0.15, 0.2) is 36.4 Å². The van der Waals surface area contributed by atoms with E-state index in [0.717, 1.165) is 22.4 Å². The summed E-state index contributed by atoms with van der Waals surface area (Å²) in [6, 6.07) is 10.9. The quantitative estimate of drug-likeness (QED) is 0.824. The van der Waals surface area contributed by atoms with Crippen LogP contribution in [0.3, 0.4) is 0 Å². The number of nitrogens with one attached hydrogen (secondary N) is 2. The Kier molecular flexibility index (Phi) is 5.40. The van der Waals surface area contributed by atoms with Crippen molar-refractivity contribution < 1.29 is 9.59 Å². The molecule has 120 valence electrons. The third-order valence-electron chi connectivity index (χ3n) is 3.41. The minimum atomic E-state index is -0.405. The number of carbonyl (C=O) groups excluding carboxylic acids is 2. The predicted molar refractivity (Wildman–Crippen MR) is 94.0 cm³/mol. The third kappa shape index (κ3) is 4.57. The minimum absolute atomic E-state index is 0.266. The van der Waals surface area contributed by atoms with Crippen molar-refractivity contribution in [2.75, 3.05) is 10.6 Å². The van der Waals surface area contributed by atoms with Gasteiger partial charge in [-0.2, -0.15) is 0 Å². The highest BCUT2D eigenvalue weighted by molar-refractivity contribution is 6.33. The lowest BCUT2D eigenvalue weighted by atomic mass is 10.0. The van der Waals surface area contributed by atoms with E-state index in [4.69, 9.17) is 11.6 Å². The molecular formula is C18H19ClN2O2. The zero-order chi connectivity index (χ0) is 17.0. The number of aryl methyl sites for hydroxylation is 3. The Bertz CT molecular complexity index is 733. The van der Waals surface area contributed by atoms with Crippen LogP contribution in [0.2, 0.25) is 5.02 Å². The van der Waals surface area contributed by atoms with Gasteiger partial charge >= 0.3 is 0 Å². The Morgan fingerprint density at radius 1 is 0.957 bits per heavy atom. The van der Waals surface area contributed by atoms with E-state index in [1.165, 1.54) is 0 Å². The number of amides is 2. The first kappa shape index (κ1) is 17.0. The van der Waals surface area contributed by atoms with Crippen LogP contribution in [0, 0.1) is 20.8 Å². The maximum absolute atomic E-state index is 12.1. The van der Waals surface area contributed by atoms with Gasteiger partial charge in [0.2, 0.25) is 11.8 Å². The fraction of sp³-hybridized carbons (Fsp3) is 0.222. The molecule has 0 aliphatic rings. The van der Waals surface area contributed by atoms with Gasteiger partial charge in [0.25, 0.3) is 0 Å². The number of carbonyl (C=O) groups is 2. The molecule has 2 rings (SSSR count). The lowest BCUT2D eigenvalue weighted by Crippen LogP contribution is -2.22. The minimum Gasteiger partial charge on any atom is -0.325 e. The van der Waals surface area contributed by atoms with Gasteiger partial charge in [-0.25, -0.2) is 0 Å². The molecule has 4 nitrogen and oxygen atoms in total. The summed E-state index contributed by atoms with van der Waals surface area (Å²) in [5.74, 6) is -0.761. The monoisotopic (exact) mass is 330 g/mol. The normalized spacial score (nSPS) is 10.3. The van der Waals surface area contributed by atoms with Crippen molar-refractivity contribution in [2.45, 2.75) is 27.2 Å². The third-order valence-corrected chi connectivity index (χ3v) is 3.74. The van der Waals surface area contributed by atoms with E-state index in [1.807, 2.05) is 32.9 Å². The highest BCUT2D eigenvalue weighted by Gasteiger charge is 2.13. The zero-order valence-electron chi connectivity index (χ0n) is 13.4. The predicted octanol–water partition coefficient (Wildman–Crippen LogP) is 4.23. The summed E-state index contributed by atoms with van der Waals surface area (Å²) in [5.41, 5.74) is 4.33. The van der Waals surface area contributed by atoms with Gasteiger partial charge in [0.1, 0.15) is 6.42 Å². The first-order valence-corrected chi connectivity index (χ1v) is 7.66. The molecule has 0 atom stereocenters. The summed E-state index contributed by atoms with van der Waals surface area (Å²) in [7, 11) is 0. The smallest absolute Gasteiger partial charge is 0.233 e. The molecule has 2 aromatic rings. The number of rotatable bonds is 4. The second-order valence-corrected chi connectivity index (χ2v) is 5.93. The lowest BCUT2D eigenvalue weighted by Gasteiger charge is -2.13. The van der Waals surface area contributed by atoms with E-state index in [1.54, 1.807) is 24.3 Å². The van der Waals surface area contributed by atoms with E-state index in [0.29, 0.717) is 10.7 Å². The van der Waals surface area contributed by atoms with Gasteiger partial charge in [-0.05, 0) is 44.0 Å². The Hall–Kier alpha value is -2.33. The Labute approximate surface area is 140 Å². The first-order chi connectivity index (χ1) is 10.9. The summed E-state index contributed by atoms with van der Waals surface area (Å²) in [6.45, 7) is 5.86. The van der Waals surface area contributed by atoms with Crippen molar-refractivity contribution in [3.05, 3.63) is 58.1 Å². The molecule has 0 heterocycles. The SMILES string of the molecule is Cc1cc(C)c(NC(=O)CC(=O)Nc2ccccc2Cl)c(C)c1. The van der Waals surface area contributed by atoms with Crippen LogP contribution in [0.1, 0.15) is 23.1 Å². The molecule has 2 aromatic carbocycles. The van der Waals surface area contributed by atoms with Crippen molar-refractivity contribution in [3.63, 3.8) is 0 Å². The topological polar surface area (TPSA) is 58.2 Å². The molecule has 0 bridgehead atoms. The van der Waals surface area contributed by atoms with E-state index in [9.17, 15) is 9.59 Å². The van der Waals surface area contributed by atoms with Gasteiger partial charge in [0, 0.05) is 5.69 Å². The van der Waals surface area contributed by atoms with Crippen molar-refractivity contribution in [1.29, 1.82) is 0 Å². The molecular weight excluding hydrogens is 312 g/mol. The van der Waals surface area contributed by atoms with Crippen LogP contribution >= 0.6 is 11.6 Å². The second kappa shape index (κ2) is 7.29. The van der Waals surface area contributed by atoms with Crippen LogP contribution in [0.5, 0.6) is 0 Å². The average molecular weight is 331 g/mol. The van der Waals surface area contributed by atoms with Gasteiger partial charge in [0.15, 0.2) is 0 Å². The average Bonchev–Trinajstić information content (AvgIpc) is 2.45. The molecule has 0 aliphatic heterocycles. The van der Waals surface area contributed by atoms with E-state index in [2.05, 4.69) is 10.6 Å². The number of halogens is 1.